The van der Waals surface area contributed by atoms with Crippen LogP contribution >= 0.6 is 15.9 Å². The number of hydrogen-bond donors (Lipinski definition) is 1. The van der Waals surface area contributed by atoms with Crippen LogP contribution in [-0.2, 0) is 0 Å². The molecule has 8 heteroatoms. The van der Waals surface area contributed by atoms with E-state index in [0.717, 1.165) is 26.6 Å². The van der Waals surface area contributed by atoms with E-state index in [2.05, 4.69) is 50.5 Å². The number of benzene rings is 2. The molecule has 0 aliphatic heterocycles. The number of hydrogen-bond acceptors (Lipinski definition) is 6. The monoisotopic (exact) mass is 441 g/mol. The third-order valence-electron chi connectivity index (χ3n) is 4.72. The number of nitrogens with zero attached hydrogens (tertiary/aromatic N) is 4. The molecular formula is C20H20BrN5O2. The molecule has 4 aromatic rings. The fourth-order valence-corrected chi connectivity index (χ4v) is 3.65. The van der Waals surface area contributed by atoms with Crippen LogP contribution in [-0.4, -0.2) is 34.0 Å². The maximum Gasteiger partial charge on any atom is 0.185 e. The molecule has 0 unspecified atom stereocenters. The third kappa shape index (κ3) is 3.13. The van der Waals surface area contributed by atoms with Gasteiger partial charge in [-0.1, -0.05) is 28.1 Å². The second kappa shape index (κ2) is 7.27. The summed E-state index contributed by atoms with van der Waals surface area (Å²) in [7, 11) is 3.24. The molecule has 2 aromatic carbocycles. The highest BCUT2D eigenvalue weighted by Gasteiger charge is 2.18. The number of ether oxygens (including phenoxy) is 2. The van der Waals surface area contributed by atoms with Gasteiger partial charge in [-0.25, -0.2) is 0 Å². The summed E-state index contributed by atoms with van der Waals surface area (Å²) < 4.78 is 13.7. The fraction of sp³-hybridized carbons (Fsp3) is 0.250. The van der Waals surface area contributed by atoms with Crippen molar-refractivity contribution in [2.24, 2.45) is 0 Å². The van der Waals surface area contributed by atoms with Gasteiger partial charge in [-0.15, -0.1) is 15.3 Å². The lowest BCUT2D eigenvalue weighted by Crippen LogP contribution is -2.11. The molecule has 0 spiro atoms. The predicted octanol–water partition coefficient (Wildman–Crippen LogP) is 4.54. The lowest BCUT2D eigenvalue weighted by molar-refractivity contribution is 0.356. The maximum absolute atomic E-state index is 5.49. The van der Waals surface area contributed by atoms with Crippen LogP contribution in [0.5, 0.6) is 11.5 Å². The summed E-state index contributed by atoms with van der Waals surface area (Å²) >= 11 is 3.53. The fourth-order valence-electron chi connectivity index (χ4n) is 3.23. The van der Waals surface area contributed by atoms with E-state index in [1.807, 2.05) is 31.2 Å². The molecule has 2 aromatic heterocycles. The van der Waals surface area contributed by atoms with Crippen LogP contribution in [0.3, 0.4) is 0 Å². The Kier molecular flexibility index (Phi) is 4.80. The minimum absolute atomic E-state index is 0.0375. The lowest BCUT2D eigenvalue weighted by Gasteiger charge is -2.18. The molecule has 0 amide bonds. The Balaban J connectivity index is 1.91. The SMILES string of the molecule is COc1cc2c(N[C@H](C)c3cccc(Br)c3)nn3c(C)nnc3c2cc1OC. The van der Waals surface area contributed by atoms with Gasteiger partial charge in [0.2, 0.25) is 0 Å². The van der Waals surface area contributed by atoms with Crippen LogP contribution < -0.4 is 14.8 Å². The van der Waals surface area contributed by atoms with Crippen molar-refractivity contribution < 1.29 is 9.47 Å². The van der Waals surface area contributed by atoms with E-state index < -0.39 is 0 Å². The zero-order chi connectivity index (χ0) is 19.8. The van der Waals surface area contributed by atoms with Gasteiger partial charge in [-0.2, -0.15) is 4.52 Å². The Morgan fingerprint density at radius 2 is 1.75 bits per heavy atom. The van der Waals surface area contributed by atoms with E-state index in [1.54, 1.807) is 18.7 Å². The molecule has 144 valence electrons. The first-order valence-corrected chi connectivity index (χ1v) is 9.61. The van der Waals surface area contributed by atoms with E-state index in [-0.39, 0.29) is 6.04 Å². The number of halogens is 1. The Morgan fingerprint density at radius 3 is 2.43 bits per heavy atom. The van der Waals surface area contributed by atoms with Crippen molar-refractivity contribution >= 4 is 38.2 Å². The van der Waals surface area contributed by atoms with Crippen LogP contribution in [0.25, 0.3) is 16.4 Å². The van der Waals surface area contributed by atoms with Crippen LogP contribution in [0.1, 0.15) is 24.4 Å². The van der Waals surface area contributed by atoms with E-state index in [9.17, 15) is 0 Å². The van der Waals surface area contributed by atoms with Crippen molar-refractivity contribution in [2.45, 2.75) is 19.9 Å². The van der Waals surface area contributed by atoms with Crippen LogP contribution in [0.2, 0.25) is 0 Å². The number of fused-ring (bicyclic) bond motifs is 3. The summed E-state index contributed by atoms with van der Waals surface area (Å²) in [5.74, 6) is 2.70. The van der Waals surface area contributed by atoms with Gasteiger partial charge in [0.05, 0.1) is 20.3 Å². The largest absolute Gasteiger partial charge is 0.493 e. The number of methoxy groups -OCH3 is 2. The van der Waals surface area contributed by atoms with Gasteiger partial charge >= 0.3 is 0 Å². The van der Waals surface area contributed by atoms with Gasteiger partial charge in [0.15, 0.2) is 28.8 Å². The Bertz CT molecular complexity index is 1170. The maximum atomic E-state index is 5.49. The Hall–Kier alpha value is -2.87. The number of nitrogens with one attached hydrogen (secondary N) is 1. The van der Waals surface area contributed by atoms with Crippen LogP contribution in [0.15, 0.2) is 40.9 Å². The molecule has 0 aliphatic carbocycles. The molecule has 1 atom stereocenters. The standard InChI is InChI=1S/C20H20BrN5O2/c1-11(13-6-5-7-14(21)8-13)22-19-15-9-17(27-3)18(28-4)10-16(15)20-24-23-12(2)26(20)25-19/h5-11H,1-4H3,(H,22,25)/t11-/m1/s1. The van der Waals surface area contributed by atoms with Crippen molar-refractivity contribution in [1.82, 2.24) is 19.8 Å². The molecule has 28 heavy (non-hydrogen) atoms. The van der Waals surface area contributed by atoms with Gasteiger partial charge in [0.25, 0.3) is 0 Å². The molecule has 0 saturated heterocycles. The molecule has 4 rings (SSSR count). The molecule has 2 heterocycles. The van der Waals surface area contributed by atoms with Crippen LogP contribution in [0, 0.1) is 6.92 Å². The topological polar surface area (TPSA) is 73.6 Å². The summed E-state index contributed by atoms with van der Waals surface area (Å²) in [6.45, 7) is 3.97. The predicted molar refractivity (Wildman–Crippen MR) is 112 cm³/mol. The Morgan fingerprint density at radius 1 is 1.04 bits per heavy atom. The molecule has 7 nitrogen and oxygen atoms in total. The molecular weight excluding hydrogens is 422 g/mol. The summed E-state index contributed by atoms with van der Waals surface area (Å²) in [6, 6.07) is 12.1. The smallest absolute Gasteiger partial charge is 0.185 e. The first-order chi connectivity index (χ1) is 13.5. The van der Waals surface area contributed by atoms with Crippen LogP contribution in [0.4, 0.5) is 5.82 Å². The normalized spacial score (nSPS) is 12.3. The van der Waals surface area contributed by atoms with Gasteiger partial charge in [0, 0.05) is 15.2 Å². The zero-order valence-electron chi connectivity index (χ0n) is 16.0. The third-order valence-corrected chi connectivity index (χ3v) is 5.21. The highest BCUT2D eigenvalue weighted by molar-refractivity contribution is 9.10. The average molecular weight is 442 g/mol. The molecule has 0 radical (unpaired) electrons. The first-order valence-electron chi connectivity index (χ1n) is 8.81. The van der Waals surface area contributed by atoms with E-state index >= 15 is 0 Å². The van der Waals surface area contributed by atoms with Gasteiger partial charge in [0.1, 0.15) is 0 Å². The molecule has 1 N–H and O–H groups in total. The average Bonchev–Trinajstić information content (AvgIpc) is 3.07. The highest BCUT2D eigenvalue weighted by Crippen LogP contribution is 2.37. The minimum Gasteiger partial charge on any atom is -0.493 e. The lowest BCUT2D eigenvalue weighted by atomic mass is 10.1. The second-order valence-corrected chi connectivity index (χ2v) is 7.42. The molecule has 0 aliphatic rings. The number of aromatic nitrogens is 4. The zero-order valence-corrected chi connectivity index (χ0v) is 17.6. The van der Waals surface area contributed by atoms with Gasteiger partial charge < -0.3 is 14.8 Å². The molecule has 0 bridgehead atoms. The number of rotatable bonds is 5. The van der Waals surface area contributed by atoms with E-state index in [0.29, 0.717) is 23.0 Å². The number of aryl methyl sites for hydroxylation is 1. The first kappa shape index (κ1) is 18.5. The quantitative estimate of drug-likeness (QED) is 0.489. The summed E-state index contributed by atoms with van der Waals surface area (Å²) in [6.07, 6.45) is 0. The minimum atomic E-state index is 0.0375. The van der Waals surface area contributed by atoms with Gasteiger partial charge in [-0.05, 0) is 43.7 Å². The van der Waals surface area contributed by atoms with Crippen molar-refractivity contribution in [2.75, 3.05) is 19.5 Å². The second-order valence-electron chi connectivity index (χ2n) is 6.51. The Labute approximate surface area is 170 Å². The van der Waals surface area contributed by atoms with Gasteiger partial charge in [-0.3, -0.25) is 0 Å². The van der Waals surface area contributed by atoms with Crippen molar-refractivity contribution in [3.05, 3.63) is 52.3 Å². The summed E-state index contributed by atoms with van der Waals surface area (Å²) in [5.41, 5.74) is 1.82. The van der Waals surface area contributed by atoms with Crippen molar-refractivity contribution in [1.29, 1.82) is 0 Å². The van der Waals surface area contributed by atoms with E-state index in [4.69, 9.17) is 14.6 Å². The highest BCUT2D eigenvalue weighted by atomic mass is 79.9. The van der Waals surface area contributed by atoms with E-state index in [1.165, 1.54) is 0 Å². The molecule has 0 saturated carbocycles. The summed E-state index contributed by atoms with van der Waals surface area (Å²) in [5, 5.41) is 18.5. The summed E-state index contributed by atoms with van der Waals surface area (Å²) in [4.78, 5) is 0. The van der Waals surface area contributed by atoms with Crippen molar-refractivity contribution in [3.63, 3.8) is 0 Å². The molecule has 0 fully saturated rings. The van der Waals surface area contributed by atoms with Crippen molar-refractivity contribution in [3.8, 4) is 11.5 Å². The number of anilines is 1.